The lowest BCUT2D eigenvalue weighted by Crippen LogP contribution is -2.54. The molecule has 0 spiro atoms. The van der Waals surface area contributed by atoms with Gasteiger partial charge in [0.05, 0.1) is 31.3 Å². The maximum absolute atomic E-state index is 12.4. The van der Waals surface area contributed by atoms with Crippen LogP contribution < -0.4 is 5.32 Å². The Morgan fingerprint density at radius 2 is 2.29 bits per heavy atom. The van der Waals surface area contributed by atoms with Crippen molar-refractivity contribution in [1.82, 2.24) is 10.2 Å². The van der Waals surface area contributed by atoms with E-state index in [2.05, 4.69) is 12.2 Å². The first-order valence-electron chi connectivity index (χ1n) is 6.39. The average Bonchev–Trinajstić information content (AvgIpc) is 2.75. The molecule has 0 saturated carbocycles. The zero-order valence-electron chi connectivity index (χ0n) is 10.6. The lowest BCUT2D eigenvalue weighted by atomic mass is 9.99. The van der Waals surface area contributed by atoms with Crippen LogP contribution in [0.4, 0.5) is 0 Å². The van der Waals surface area contributed by atoms with Crippen LogP contribution in [0.15, 0.2) is 0 Å². The van der Waals surface area contributed by atoms with Gasteiger partial charge in [-0.05, 0) is 26.8 Å². The summed E-state index contributed by atoms with van der Waals surface area (Å²) in [5.41, 5.74) is 0. The summed E-state index contributed by atoms with van der Waals surface area (Å²) in [5, 5.41) is 12.4. The van der Waals surface area contributed by atoms with Crippen LogP contribution in [-0.4, -0.2) is 60.4 Å². The number of carbonyl (C=O) groups is 1. The predicted octanol–water partition coefficient (Wildman–Crippen LogP) is -0.407. The van der Waals surface area contributed by atoms with Gasteiger partial charge in [-0.25, -0.2) is 0 Å². The monoisotopic (exact) mass is 242 g/mol. The molecule has 2 rings (SSSR count). The van der Waals surface area contributed by atoms with Gasteiger partial charge in [0.1, 0.15) is 0 Å². The van der Waals surface area contributed by atoms with E-state index < -0.39 is 0 Å². The Bertz CT molecular complexity index is 285. The zero-order valence-corrected chi connectivity index (χ0v) is 10.6. The number of amides is 1. The first kappa shape index (κ1) is 12.8. The quantitative estimate of drug-likeness (QED) is 0.691. The van der Waals surface area contributed by atoms with Crippen molar-refractivity contribution in [3.05, 3.63) is 0 Å². The molecule has 4 atom stereocenters. The van der Waals surface area contributed by atoms with Crippen LogP contribution in [0.1, 0.15) is 20.3 Å². The third-order valence-electron chi connectivity index (χ3n) is 3.83. The van der Waals surface area contributed by atoms with E-state index in [1.807, 2.05) is 11.8 Å². The number of nitrogens with zero attached hydrogens (tertiary/aromatic N) is 1. The molecular weight excluding hydrogens is 220 g/mol. The van der Waals surface area contributed by atoms with Crippen molar-refractivity contribution < 1.29 is 14.6 Å². The fourth-order valence-corrected chi connectivity index (χ4v) is 2.64. The van der Waals surface area contributed by atoms with E-state index >= 15 is 0 Å². The van der Waals surface area contributed by atoms with E-state index in [0.29, 0.717) is 13.2 Å². The molecule has 5 heteroatoms. The number of carbonyl (C=O) groups excluding carboxylic acids is 1. The number of hydrogen-bond acceptors (Lipinski definition) is 4. The van der Waals surface area contributed by atoms with Crippen LogP contribution in [-0.2, 0) is 9.53 Å². The van der Waals surface area contributed by atoms with Gasteiger partial charge in [-0.2, -0.15) is 0 Å². The topological polar surface area (TPSA) is 61.8 Å². The minimum absolute atomic E-state index is 0.0189. The Morgan fingerprint density at radius 1 is 1.53 bits per heavy atom. The van der Waals surface area contributed by atoms with Crippen molar-refractivity contribution in [1.29, 1.82) is 0 Å². The molecule has 2 heterocycles. The summed E-state index contributed by atoms with van der Waals surface area (Å²) >= 11 is 0. The minimum Gasteiger partial charge on any atom is -0.394 e. The highest BCUT2D eigenvalue weighted by molar-refractivity contribution is 5.80. The average molecular weight is 242 g/mol. The van der Waals surface area contributed by atoms with E-state index in [9.17, 15) is 4.79 Å². The Hall–Kier alpha value is -0.650. The molecule has 2 fully saturated rings. The third-order valence-corrected chi connectivity index (χ3v) is 3.83. The Labute approximate surface area is 102 Å². The first-order chi connectivity index (χ1) is 8.13. The van der Waals surface area contributed by atoms with Crippen molar-refractivity contribution in [2.75, 3.05) is 26.3 Å². The molecule has 0 aromatic rings. The SMILES string of the molecule is CC1NCCC1C(=O)N1CC(CO)OCC1C. The molecule has 2 aliphatic heterocycles. The highest BCUT2D eigenvalue weighted by Gasteiger charge is 2.37. The fourth-order valence-electron chi connectivity index (χ4n) is 2.64. The van der Waals surface area contributed by atoms with Gasteiger partial charge in [0, 0.05) is 12.6 Å². The van der Waals surface area contributed by atoms with E-state index in [4.69, 9.17) is 9.84 Å². The standard InChI is InChI=1S/C12H22N2O3/c1-8-7-17-10(6-15)5-14(8)12(16)11-3-4-13-9(11)2/h8-11,13,15H,3-7H2,1-2H3. The molecular formula is C12H22N2O3. The van der Waals surface area contributed by atoms with Crippen molar-refractivity contribution in [2.24, 2.45) is 5.92 Å². The zero-order chi connectivity index (χ0) is 12.4. The van der Waals surface area contributed by atoms with Crippen LogP contribution in [0.25, 0.3) is 0 Å². The molecule has 98 valence electrons. The van der Waals surface area contributed by atoms with E-state index in [-0.39, 0.29) is 36.6 Å². The number of aliphatic hydroxyl groups is 1. The van der Waals surface area contributed by atoms with Crippen molar-refractivity contribution >= 4 is 5.91 Å². The van der Waals surface area contributed by atoms with Gasteiger partial charge in [-0.15, -0.1) is 0 Å². The van der Waals surface area contributed by atoms with Gasteiger partial charge in [0.25, 0.3) is 0 Å². The molecule has 4 unspecified atom stereocenters. The molecule has 0 radical (unpaired) electrons. The Kier molecular flexibility index (Phi) is 4.01. The number of hydrogen-bond donors (Lipinski definition) is 2. The molecule has 2 aliphatic rings. The van der Waals surface area contributed by atoms with E-state index in [1.54, 1.807) is 0 Å². The van der Waals surface area contributed by atoms with Gasteiger partial charge in [-0.1, -0.05) is 0 Å². The summed E-state index contributed by atoms with van der Waals surface area (Å²) in [4.78, 5) is 14.3. The van der Waals surface area contributed by atoms with Gasteiger partial charge >= 0.3 is 0 Å². The summed E-state index contributed by atoms with van der Waals surface area (Å²) in [6.07, 6.45) is 0.688. The fraction of sp³-hybridized carbons (Fsp3) is 0.917. The molecule has 0 bridgehead atoms. The summed E-state index contributed by atoms with van der Waals surface area (Å²) in [6.45, 7) is 5.99. The van der Waals surface area contributed by atoms with E-state index in [0.717, 1.165) is 13.0 Å². The maximum Gasteiger partial charge on any atom is 0.227 e. The summed E-state index contributed by atoms with van der Waals surface area (Å²) < 4.78 is 5.45. The van der Waals surface area contributed by atoms with Crippen molar-refractivity contribution in [3.63, 3.8) is 0 Å². The number of morpholine rings is 1. The van der Waals surface area contributed by atoms with Crippen LogP contribution in [0.2, 0.25) is 0 Å². The largest absolute Gasteiger partial charge is 0.394 e. The lowest BCUT2D eigenvalue weighted by molar-refractivity contribution is -0.150. The molecule has 5 nitrogen and oxygen atoms in total. The van der Waals surface area contributed by atoms with Crippen LogP contribution >= 0.6 is 0 Å². The second-order valence-electron chi connectivity index (χ2n) is 5.12. The number of ether oxygens (including phenoxy) is 1. The highest BCUT2D eigenvalue weighted by atomic mass is 16.5. The Morgan fingerprint density at radius 3 is 2.88 bits per heavy atom. The smallest absolute Gasteiger partial charge is 0.227 e. The van der Waals surface area contributed by atoms with Gasteiger partial charge in [-0.3, -0.25) is 4.79 Å². The first-order valence-corrected chi connectivity index (χ1v) is 6.39. The predicted molar refractivity (Wildman–Crippen MR) is 63.6 cm³/mol. The van der Waals surface area contributed by atoms with Crippen LogP contribution in [0.5, 0.6) is 0 Å². The highest BCUT2D eigenvalue weighted by Crippen LogP contribution is 2.22. The normalized spacial score (nSPS) is 38.4. The van der Waals surface area contributed by atoms with Gasteiger partial charge in [0.2, 0.25) is 5.91 Å². The molecule has 2 saturated heterocycles. The van der Waals surface area contributed by atoms with Crippen molar-refractivity contribution in [2.45, 2.75) is 38.5 Å². The molecule has 0 aromatic carbocycles. The summed E-state index contributed by atoms with van der Waals surface area (Å²) in [5.74, 6) is 0.284. The number of aliphatic hydroxyl groups excluding tert-OH is 1. The number of nitrogens with one attached hydrogen (secondary N) is 1. The Balaban J connectivity index is 2.01. The molecule has 0 aliphatic carbocycles. The minimum atomic E-state index is -0.222. The van der Waals surface area contributed by atoms with Crippen molar-refractivity contribution in [3.8, 4) is 0 Å². The van der Waals surface area contributed by atoms with Gasteiger partial charge < -0.3 is 20.1 Å². The van der Waals surface area contributed by atoms with Crippen LogP contribution in [0.3, 0.4) is 0 Å². The maximum atomic E-state index is 12.4. The molecule has 2 N–H and O–H groups in total. The molecule has 0 aromatic heterocycles. The summed E-state index contributed by atoms with van der Waals surface area (Å²) in [6, 6.07) is 0.364. The van der Waals surface area contributed by atoms with Crippen LogP contribution in [0, 0.1) is 5.92 Å². The van der Waals surface area contributed by atoms with E-state index in [1.165, 1.54) is 0 Å². The van der Waals surface area contributed by atoms with Gasteiger partial charge in [0.15, 0.2) is 0 Å². The second-order valence-corrected chi connectivity index (χ2v) is 5.12. The third kappa shape index (κ3) is 2.61. The number of rotatable bonds is 2. The molecule has 1 amide bonds. The summed E-state index contributed by atoms with van der Waals surface area (Å²) in [7, 11) is 0. The second kappa shape index (κ2) is 5.33. The lowest BCUT2D eigenvalue weighted by Gasteiger charge is -2.39. The molecule has 17 heavy (non-hydrogen) atoms.